The summed E-state index contributed by atoms with van der Waals surface area (Å²) in [4.78, 5) is 13.3. The number of aliphatic hydroxyl groups is 1. The van der Waals surface area contributed by atoms with E-state index in [-0.39, 0.29) is 23.2 Å². The van der Waals surface area contributed by atoms with Gasteiger partial charge in [0.1, 0.15) is 10.6 Å². The van der Waals surface area contributed by atoms with Crippen LogP contribution in [0.4, 0.5) is 5.69 Å². The first-order valence-electron chi connectivity index (χ1n) is 7.00. The quantitative estimate of drug-likeness (QED) is 0.792. The largest absolute Gasteiger partial charge is 0.495 e. The van der Waals surface area contributed by atoms with Gasteiger partial charge in [-0.1, -0.05) is 0 Å². The van der Waals surface area contributed by atoms with Gasteiger partial charge in [-0.25, -0.2) is 13.1 Å². The topological polar surface area (TPSA) is 95.9 Å². The summed E-state index contributed by atoms with van der Waals surface area (Å²) < 4.78 is 32.3. The minimum Gasteiger partial charge on any atom is -0.495 e. The lowest BCUT2D eigenvalue weighted by atomic mass is 10.3. The van der Waals surface area contributed by atoms with Crippen LogP contribution in [0.2, 0.25) is 0 Å². The Bertz CT molecular complexity index is 659. The zero-order valence-electron chi connectivity index (χ0n) is 12.6. The fourth-order valence-electron chi connectivity index (χ4n) is 2.33. The normalized spacial score (nSPS) is 16.9. The fraction of sp³-hybridized carbons (Fsp3) is 0.500. The van der Waals surface area contributed by atoms with Crippen LogP contribution in [0.1, 0.15) is 19.8 Å². The number of rotatable bonds is 6. The molecule has 0 spiro atoms. The average molecular weight is 328 g/mol. The number of sulfonamides is 1. The zero-order chi connectivity index (χ0) is 16.3. The lowest BCUT2D eigenvalue weighted by molar-refractivity contribution is -0.117. The van der Waals surface area contributed by atoms with Crippen LogP contribution in [0, 0.1) is 0 Å². The molecular formula is C14H20N2O5S. The van der Waals surface area contributed by atoms with Crippen molar-refractivity contribution in [2.45, 2.75) is 30.7 Å². The molecule has 22 heavy (non-hydrogen) atoms. The highest BCUT2D eigenvalue weighted by Crippen LogP contribution is 2.30. The maximum Gasteiger partial charge on any atom is 0.244 e. The SMILES string of the molecule is COc1ccc(N2CCCC2=O)cc1S(=O)(=O)N[C@@H](C)CO. The minimum atomic E-state index is -3.86. The van der Waals surface area contributed by atoms with Gasteiger partial charge >= 0.3 is 0 Å². The summed E-state index contributed by atoms with van der Waals surface area (Å²) in [5, 5.41) is 9.02. The Morgan fingerprint density at radius 3 is 2.73 bits per heavy atom. The van der Waals surface area contributed by atoms with Crippen LogP contribution in [0.15, 0.2) is 23.1 Å². The van der Waals surface area contributed by atoms with E-state index in [9.17, 15) is 13.2 Å². The number of nitrogens with one attached hydrogen (secondary N) is 1. The number of methoxy groups -OCH3 is 1. The van der Waals surface area contributed by atoms with Gasteiger partial charge in [0.05, 0.1) is 13.7 Å². The number of hydrogen-bond acceptors (Lipinski definition) is 5. The van der Waals surface area contributed by atoms with Crippen LogP contribution in [0.3, 0.4) is 0 Å². The molecule has 1 fully saturated rings. The Balaban J connectivity index is 2.42. The molecule has 1 aromatic rings. The number of nitrogens with zero attached hydrogens (tertiary/aromatic N) is 1. The predicted octanol–water partition coefficient (Wildman–Crippen LogP) is 0.481. The van der Waals surface area contributed by atoms with Gasteiger partial charge in [-0.3, -0.25) is 4.79 Å². The first-order valence-corrected chi connectivity index (χ1v) is 8.49. The number of amides is 1. The number of carbonyl (C=O) groups excluding carboxylic acids is 1. The van der Waals surface area contributed by atoms with Crippen molar-refractivity contribution >= 4 is 21.6 Å². The number of benzene rings is 1. The number of aliphatic hydroxyl groups excluding tert-OH is 1. The zero-order valence-corrected chi connectivity index (χ0v) is 13.4. The Kier molecular flexibility index (Phi) is 5.05. The van der Waals surface area contributed by atoms with Gasteiger partial charge in [0.15, 0.2) is 0 Å². The monoisotopic (exact) mass is 328 g/mol. The molecule has 0 bridgehead atoms. The molecule has 7 nitrogen and oxygen atoms in total. The van der Waals surface area contributed by atoms with Crippen LogP contribution in [-0.4, -0.2) is 45.7 Å². The van der Waals surface area contributed by atoms with Gasteiger partial charge in [0.2, 0.25) is 15.9 Å². The van der Waals surface area contributed by atoms with Crippen LogP contribution in [-0.2, 0) is 14.8 Å². The van der Waals surface area contributed by atoms with Crippen molar-refractivity contribution in [3.8, 4) is 5.75 Å². The highest BCUT2D eigenvalue weighted by Gasteiger charge is 2.26. The second kappa shape index (κ2) is 6.64. The Morgan fingerprint density at radius 1 is 1.45 bits per heavy atom. The summed E-state index contributed by atoms with van der Waals surface area (Å²) in [6, 6.07) is 4.00. The van der Waals surface area contributed by atoms with E-state index in [1.165, 1.54) is 19.2 Å². The summed E-state index contributed by atoms with van der Waals surface area (Å²) in [6.45, 7) is 1.81. The molecule has 122 valence electrons. The molecule has 1 aliphatic rings. The third-order valence-electron chi connectivity index (χ3n) is 3.45. The van der Waals surface area contributed by atoms with Crippen molar-refractivity contribution in [3.05, 3.63) is 18.2 Å². The first-order chi connectivity index (χ1) is 10.4. The standard InChI is InChI=1S/C14H20N2O5S/c1-10(9-17)15-22(19,20)13-8-11(5-6-12(13)21-2)16-7-3-4-14(16)18/h5-6,8,10,15,17H,3-4,7,9H2,1-2H3/t10-/m0/s1. The van der Waals surface area contributed by atoms with Crippen molar-refractivity contribution in [1.29, 1.82) is 0 Å². The highest BCUT2D eigenvalue weighted by molar-refractivity contribution is 7.89. The summed E-state index contributed by atoms with van der Waals surface area (Å²) in [5.74, 6) is 0.165. The second-order valence-electron chi connectivity index (χ2n) is 5.19. The molecule has 0 radical (unpaired) electrons. The van der Waals surface area contributed by atoms with Crippen LogP contribution in [0.25, 0.3) is 0 Å². The van der Waals surface area contributed by atoms with Crippen molar-refractivity contribution in [3.63, 3.8) is 0 Å². The Morgan fingerprint density at radius 2 is 2.18 bits per heavy atom. The third kappa shape index (κ3) is 3.40. The van der Waals surface area contributed by atoms with Crippen molar-refractivity contribution < 1.29 is 23.1 Å². The van der Waals surface area contributed by atoms with E-state index in [1.54, 1.807) is 17.9 Å². The number of carbonyl (C=O) groups is 1. The summed E-state index contributed by atoms with van der Waals surface area (Å²) >= 11 is 0. The number of anilines is 1. The Hall–Kier alpha value is -1.64. The summed E-state index contributed by atoms with van der Waals surface area (Å²) in [6.07, 6.45) is 1.22. The van der Waals surface area contributed by atoms with Crippen LogP contribution >= 0.6 is 0 Å². The molecule has 1 aliphatic heterocycles. The molecule has 1 atom stereocenters. The van der Waals surface area contributed by atoms with E-state index in [2.05, 4.69) is 4.72 Å². The average Bonchev–Trinajstić information content (AvgIpc) is 2.92. The molecule has 0 aliphatic carbocycles. The van der Waals surface area contributed by atoms with Crippen molar-refractivity contribution in [1.82, 2.24) is 4.72 Å². The molecule has 2 rings (SSSR count). The smallest absolute Gasteiger partial charge is 0.244 e. The van der Waals surface area contributed by atoms with E-state index < -0.39 is 16.1 Å². The number of ether oxygens (including phenoxy) is 1. The van der Waals surface area contributed by atoms with Gasteiger partial charge in [0.25, 0.3) is 0 Å². The Labute approximate surface area is 129 Å². The molecule has 8 heteroatoms. The third-order valence-corrected chi connectivity index (χ3v) is 5.06. The van der Waals surface area contributed by atoms with Crippen LogP contribution in [0.5, 0.6) is 5.75 Å². The highest BCUT2D eigenvalue weighted by atomic mass is 32.2. The minimum absolute atomic E-state index is 0.0230. The van der Waals surface area contributed by atoms with Gasteiger partial charge < -0.3 is 14.7 Å². The number of hydrogen-bond donors (Lipinski definition) is 2. The second-order valence-corrected chi connectivity index (χ2v) is 6.87. The molecule has 1 amide bonds. The van der Waals surface area contributed by atoms with Gasteiger partial charge in [-0.15, -0.1) is 0 Å². The lowest BCUT2D eigenvalue weighted by Crippen LogP contribution is -2.35. The maximum absolute atomic E-state index is 12.4. The molecule has 1 aromatic carbocycles. The van der Waals surface area contributed by atoms with Gasteiger partial charge in [-0.05, 0) is 31.5 Å². The van der Waals surface area contributed by atoms with E-state index in [0.29, 0.717) is 18.7 Å². The van der Waals surface area contributed by atoms with E-state index in [1.807, 2.05) is 0 Å². The maximum atomic E-state index is 12.4. The fourth-order valence-corrected chi connectivity index (χ4v) is 3.75. The molecule has 0 aromatic heterocycles. The van der Waals surface area contributed by atoms with Gasteiger partial charge in [-0.2, -0.15) is 0 Å². The molecule has 1 heterocycles. The predicted molar refractivity (Wildman–Crippen MR) is 81.5 cm³/mol. The molecule has 0 saturated carbocycles. The van der Waals surface area contributed by atoms with Crippen LogP contribution < -0.4 is 14.4 Å². The summed E-state index contributed by atoms with van der Waals surface area (Å²) in [5.41, 5.74) is 0.528. The lowest BCUT2D eigenvalue weighted by Gasteiger charge is -2.19. The van der Waals surface area contributed by atoms with Crippen molar-refractivity contribution in [2.24, 2.45) is 0 Å². The van der Waals surface area contributed by atoms with E-state index in [0.717, 1.165) is 6.42 Å². The summed E-state index contributed by atoms with van der Waals surface area (Å²) in [7, 11) is -2.48. The van der Waals surface area contributed by atoms with E-state index >= 15 is 0 Å². The van der Waals surface area contributed by atoms with Gasteiger partial charge in [0, 0.05) is 24.7 Å². The van der Waals surface area contributed by atoms with E-state index in [4.69, 9.17) is 9.84 Å². The molecule has 2 N–H and O–H groups in total. The first kappa shape index (κ1) is 16.7. The van der Waals surface area contributed by atoms with Crippen molar-refractivity contribution in [2.75, 3.05) is 25.2 Å². The molecular weight excluding hydrogens is 308 g/mol. The molecule has 0 unspecified atom stereocenters. The molecule has 1 saturated heterocycles.